The number of aryl methyl sites for hydroxylation is 1. The lowest BCUT2D eigenvalue weighted by Crippen LogP contribution is -2.39. The first-order valence-electron chi connectivity index (χ1n) is 8.12. The zero-order chi connectivity index (χ0) is 17.1. The van der Waals surface area contributed by atoms with E-state index in [4.69, 9.17) is 5.11 Å². The average molecular weight is 327 g/mol. The summed E-state index contributed by atoms with van der Waals surface area (Å²) in [5, 5.41) is 13.1. The lowest BCUT2D eigenvalue weighted by molar-refractivity contribution is -0.131. The molecule has 0 bridgehead atoms. The van der Waals surface area contributed by atoms with Gasteiger partial charge in [-0.2, -0.15) is 5.10 Å². The number of hydrogen-bond acceptors (Lipinski definition) is 3. The first-order chi connectivity index (χ1) is 11.5. The maximum atomic E-state index is 12.4. The Balaban J connectivity index is 1.55. The van der Waals surface area contributed by atoms with Crippen molar-refractivity contribution in [3.8, 4) is 0 Å². The number of piperidine rings is 1. The van der Waals surface area contributed by atoms with Crippen molar-refractivity contribution >= 4 is 11.9 Å². The molecule has 1 aromatic heterocycles. The number of carbonyl (C=O) groups is 2. The van der Waals surface area contributed by atoms with Gasteiger partial charge in [0.2, 0.25) is 5.91 Å². The van der Waals surface area contributed by atoms with Crippen LogP contribution >= 0.6 is 0 Å². The van der Waals surface area contributed by atoms with Crippen LogP contribution in [0.15, 0.2) is 36.5 Å². The average Bonchev–Trinajstić information content (AvgIpc) is 3.01. The number of nitrogens with zero attached hydrogens (tertiary/aromatic N) is 3. The van der Waals surface area contributed by atoms with Crippen molar-refractivity contribution in [1.29, 1.82) is 0 Å². The lowest BCUT2D eigenvalue weighted by atomic mass is 9.93. The first kappa shape index (κ1) is 16.2. The minimum Gasteiger partial charge on any atom is -0.478 e. The molecule has 24 heavy (non-hydrogen) atoms. The number of aromatic nitrogens is 2. The smallest absolute Gasteiger partial charge is 0.335 e. The standard InChI is InChI=1S/C18H21N3O3/c1-20-16(6-9-19-20)14-7-10-21(11-8-14)17(22)12-13-2-4-15(5-3-13)18(23)24/h2-6,9,14H,7-8,10-12H2,1H3,(H,23,24). The van der Waals surface area contributed by atoms with Crippen molar-refractivity contribution in [3.63, 3.8) is 0 Å². The van der Waals surface area contributed by atoms with Crippen molar-refractivity contribution in [2.45, 2.75) is 25.2 Å². The number of benzene rings is 1. The van der Waals surface area contributed by atoms with E-state index in [0.717, 1.165) is 31.5 Å². The van der Waals surface area contributed by atoms with Gasteiger partial charge >= 0.3 is 5.97 Å². The summed E-state index contributed by atoms with van der Waals surface area (Å²) in [4.78, 5) is 25.2. The van der Waals surface area contributed by atoms with E-state index in [0.29, 0.717) is 12.3 Å². The molecule has 2 heterocycles. The van der Waals surface area contributed by atoms with E-state index in [1.807, 2.05) is 28.9 Å². The highest BCUT2D eigenvalue weighted by molar-refractivity contribution is 5.87. The topological polar surface area (TPSA) is 75.4 Å². The van der Waals surface area contributed by atoms with Gasteiger partial charge in [0.05, 0.1) is 12.0 Å². The van der Waals surface area contributed by atoms with Gasteiger partial charge in [0.1, 0.15) is 0 Å². The van der Waals surface area contributed by atoms with Gasteiger partial charge in [0, 0.05) is 37.9 Å². The zero-order valence-corrected chi connectivity index (χ0v) is 13.7. The van der Waals surface area contributed by atoms with Crippen LogP contribution in [0.25, 0.3) is 0 Å². The van der Waals surface area contributed by atoms with E-state index in [1.54, 1.807) is 24.3 Å². The second-order valence-corrected chi connectivity index (χ2v) is 6.21. The molecule has 1 aliphatic rings. The molecule has 1 saturated heterocycles. The summed E-state index contributed by atoms with van der Waals surface area (Å²) in [6.07, 6.45) is 4.02. The van der Waals surface area contributed by atoms with E-state index in [-0.39, 0.29) is 11.5 Å². The third-order valence-corrected chi connectivity index (χ3v) is 4.68. The Morgan fingerprint density at radius 3 is 2.38 bits per heavy atom. The fourth-order valence-electron chi connectivity index (χ4n) is 3.26. The molecular weight excluding hydrogens is 306 g/mol. The Hall–Kier alpha value is -2.63. The van der Waals surface area contributed by atoms with Crippen LogP contribution < -0.4 is 0 Å². The van der Waals surface area contributed by atoms with Gasteiger partial charge in [-0.3, -0.25) is 9.48 Å². The molecule has 1 aliphatic heterocycles. The molecule has 3 rings (SSSR count). The fourth-order valence-corrected chi connectivity index (χ4v) is 3.26. The SMILES string of the molecule is Cn1nccc1C1CCN(C(=O)Cc2ccc(C(=O)O)cc2)CC1. The third kappa shape index (κ3) is 3.48. The summed E-state index contributed by atoms with van der Waals surface area (Å²) in [6.45, 7) is 1.50. The van der Waals surface area contributed by atoms with Gasteiger partial charge in [-0.15, -0.1) is 0 Å². The number of carbonyl (C=O) groups excluding carboxylic acids is 1. The molecule has 0 aliphatic carbocycles. The molecule has 126 valence electrons. The predicted octanol–water partition coefficient (Wildman–Crippen LogP) is 2.07. The van der Waals surface area contributed by atoms with Crippen molar-refractivity contribution in [3.05, 3.63) is 53.3 Å². The van der Waals surface area contributed by atoms with Crippen molar-refractivity contribution < 1.29 is 14.7 Å². The van der Waals surface area contributed by atoms with E-state index < -0.39 is 5.97 Å². The Morgan fingerprint density at radius 2 is 1.83 bits per heavy atom. The summed E-state index contributed by atoms with van der Waals surface area (Å²) in [7, 11) is 1.95. The third-order valence-electron chi connectivity index (χ3n) is 4.68. The van der Waals surface area contributed by atoms with Gasteiger partial charge in [0.15, 0.2) is 0 Å². The Labute approximate surface area is 140 Å². The summed E-state index contributed by atoms with van der Waals surface area (Å²) in [6, 6.07) is 8.55. The van der Waals surface area contributed by atoms with Crippen LogP contribution in [0.2, 0.25) is 0 Å². The second kappa shape index (κ2) is 6.86. The van der Waals surface area contributed by atoms with Gasteiger partial charge in [0.25, 0.3) is 0 Å². The van der Waals surface area contributed by atoms with Crippen molar-refractivity contribution in [1.82, 2.24) is 14.7 Å². The Bertz CT molecular complexity index is 728. The van der Waals surface area contributed by atoms with Gasteiger partial charge in [-0.05, 0) is 36.6 Å². The van der Waals surface area contributed by atoms with E-state index in [2.05, 4.69) is 5.10 Å². The normalized spacial score (nSPS) is 15.5. The molecule has 0 spiro atoms. The van der Waals surface area contributed by atoms with Crippen LogP contribution in [0, 0.1) is 0 Å². The number of amides is 1. The number of hydrogen-bond donors (Lipinski definition) is 1. The molecule has 0 atom stereocenters. The van der Waals surface area contributed by atoms with Crippen molar-refractivity contribution in [2.24, 2.45) is 7.05 Å². The Kier molecular flexibility index (Phi) is 4.64. The van der Waals surface area contributed by atoms with E-state index >= 15 is 0 Å². The predicted molar refractivity (Wildman–Crippen MR) is 88.9 cm³/mol. The van der Waals surface area contributed by atoms with Crippen LogP contribution in [-0.2, 0) is 18.3 Å². The summed E-state index contributed by atoms with van der Waals surface area (Å²) >= 11 is 0. The fraction of sp³-hybridized carbons (Fsp3) is 0.389. The van der Waals surface area contributed by atoms with E-state index in [9.17, 15) is 9.59 Å². The summed E-state index contributed by atoms with van der Waals surface area (Å²) in [5.74, 6) is -0.400. The molecule has 0 unspecified atom stereocenters. The molecule has 2 aromatic rings. The molecule has 1 amide bonds. The largest absolute Gasteiger partial charge is 0.478 e. The molecular formula is C18H21N3O3. The van der Waals surface area contributed by atoms with Crippen LogP contribution in [0.5, 0.6) is 0 Å². The lowest BCUT2D eigenvalue weighted by Gasteiger charge is -2.32. The maximum Gasteiger partial charge on any atom is 0.335 e. The molecule has 6 heteroatoms. The molecule has 6 nitrogen and oxygen atoms in total. The molecule has 1 fully saturated rings. The summed E-state index contributed by atoms with van der Waals surface area (Å²) in [5.41, 5.74) is 2.31. The Morgan fingerprint density at radius 1 is 1.17 bits per heavy atom. The van der Waals surface area contributed by atoms with E-state index in [1.165, 1.54) is 5.69 Å². The quantitative estimate of drug-likeness (QED) is 0.933. The molecule has 1 aromatic carbocycles. The van der Waals surface area contributed by atoms with Gasteiger partial charge in [-0.1, -0.05) is 12.1 Å². The number of likely N-dealkylation sites (tertiary alicyclic amines) is 1. The highest BCUT2D eigenvalue weighted by Crippen LogP contribution is 2.27. The maximum absolute atomic E-state index is 12.4. The van der Waals surface area contributed by atoms with Gasteiger partial charge < -0.3 is 10.0 Å². The number of aromatic carboxylic acids is 1. The molecule has 0 saturated carbocycles. The number of carboxylic acid groups (broad SMARTS) is 1. The number of rotatable bonds is 4. The van der Waals surface area contributed by atoms with Crippen LogP contribution in [0.3, 0.4) is 0 Å². The number of carboxylic acids is 1. The van der Waals surface area contributed by atoms with Crippen LogP contribution in [-0.4, -0.2) is 44.8 Å². The minimum absolute atomic E-state index is 0.0986. The van der Waals surface area contributed by atoms with Crippen molar-refractivity contribution in [2.75, 3.05) is 13.1 Å². The first-order valence-corrected chi connectivity index (χ1v) is 8.12. The minimum atomic E-state index is -0.954. The summed E-state index contributed by atoms with van der Waals surface area (Å²) < 4.78 is 1.91. The monoisotopic (exact) mass is 327 g/mol. The van der Waals surface area contributed by atoms with Gasteiger partial charge in [-0.25, -0.2) is 4.79 Å². The highest BCUT2D eigenvalue weighted by atomic mass is 16.4. The second-order valence-electron chi connectivity index (χ2n) is 6.21. The molecule has 0 radical (unpaired) electrons. The zero-order valence-electron chi connectivity index (χ0n) is 13.7. The highest BCUT2D eigenvalue weighted by Gasteiger charge is 2.25. The van der Waals surface area contributed by atoms with Crippen LogP contribution in [0.4, 0.5) is 0 Å². The van der Waals surface area contributed by atoms with Crippen LogP contribution in [0.1, 0.15) is 40.4 Å². The molecule has 1 N–H and O–H groups in total.